The molecule has 0 aliphatic heterocycles. The molecular formula is C23H16Cl2N2O3. The molecule has 0 unspecified atom stereocenters. The first kappa shape index (κ1) is 20.0. The predicted octanol–water partition coefficient (Wildman–Crippen LogP) is 5.95. The third-order valence-electron chi connectivity index (χ3n) is 4.76. The lowest BCUT2D eigenvalue weighted by molar-refractivity contribution is 0.0698. The molecule has 4 aromatic rings. The van der Waals surface area contributed by atoms with Crippen LogP contribution in [0.2, 0.25) is 10.0 Å². The predicted molar refractivity (Wildman–Crippen MR) is 119 cm³/mol. The highest BCUT2D eigenvalue weighted by molar-refractivity contribution is 6.31. The van der Waals surface area contributed by atoms with Crippen molar-refractivity contribution in [3.8, 4) is 0 Å². The fraction of sp³-hybridized carbons (Fsp3) is 0.0435. The van der Waals surface area contributed by atoms with Crippen LogP contribution in [0.3, 0.4) is 0 Å². The van der Waals surface area contributed by atoms with Crippen LogP contribution in [0.5, 0.6) is 0 Å². The Bertz CT molecular complexity index is 1260. The molecule has 0 atom stereocenters. The maximum atomic E-state index is 13.1. The van der Waals surface area contributed by atoms with E-state index in [0.717, 1.165) is 16.5 Å². The summed E-state index contributed by atoms with van der Waals surface area (Å²) in [5.74, 6) is -1.52. The second kappa shape index (κ2) is 8.22. The number of carboxylic acid groups (broad SMARTS) is 1. The smallest absolute Gasteiger partial charge is 0.337 e. The lowest BCUT2D eigenvalue weighted by atomic mass is 10.1. The Hall–Kier alpha value is -3.28. The van der Waals surface area contributed by atoms with Crippen molar-refractivity contribution in [3.63, 3.8) is 0 Å². The standard InChI is InChI=1S/C23H16Cl2N2O3/c24-16-7-5-14(6-8-16)13-27-20-10-9-17(25)11-15(20)12-21(27)22(28)26-19-4-2-1-3-18(19)23(29)30/h1-12H,13H2,(H,26,28)(H,29,30). The molecule has 0 aliphatic carbocycles. The largest absolute Gasteiger partial charge is 0.478 e. The minimum atomic E-state index is -1.11. The van der Waals surface area contributed by atoms with Gasteiger partial charge in [0.2, 0.25) is 0 Å². The summed E-state index contributed by atoms with van der Waals surface area (Å²) in [6, 6.07) is 20.8. The van der Waals surface area contributed by atoms with Crippen LogP contribution >= 0.6 is 23.2 Å². The number of amides is 1. The average molecular weight is 439 g/mol. The van der Waals surface area contributed by atoms with E-state index in [1.54, 1.807) is 48.5 Å². The van der Waals surface area contributed by atoms with E-state index in [4.69, 9.17) is 23.2 Å². The van der Waals surface area contributed by atoms with Crippen LogP contribution in [0.4, 0.5) is 5.69 Å². The molecule has 0 radical (unpaired) electrons. The molecule has 4 rings (SSSR count). The lowest BCUT2D eigenvalue weighted by Crippen LogP contribution is -2.19. The number of carboxylic acids is 1. The van der Waals surface area contributed by atoms with Gasteiger partial charge in [-0.05, 0) is 54.1 Å². The zero-order valence-corrected chi connectivity index (χ0v) is 17.1. The van der Waals surface area contributed by atoms with Gasteiger partial charge in [-0.2, -0.15) is 0 Å². The average Bonchev–Trinajstić information content (AvgIpc) is 3.07. The number of anilines is 1. The molecule has 0 saturated carbocycles. The fourth-order valence-electron chi connectivity index (χ4n) is 3.34. The molecule has 30 heavy (non-hydrogen) atoms. The number of carbonyl (C=O) groups is 2. The van der Waals surface area contributed by atoms with E-state index >= 15 is 0 Å². The summed E-state index contributed by atoms with van der Waals surface area (Å²) in [6.07, 6.45) is 0. The number of nitrogens with zero attached hydrogens (tertiary/aromatic N) is 1. The summed E-state index contributed by atoms with van der Waals surface area (Å²) >= 11 is 12.1. The minimum absolute atomic E-state index is 0.0225. The summed E-state index contributed by atoms with van der Waals surface area (Å²) in [6.45, 7) is 0.436. The maximum Gasteiger partial charge on any atom is 0.337 e. The number of hydrogen-bond donors (Lipinski definition) is 2. The number of para-hydroxylation sites is 1. The van der Waals surface area contributed by atoms with Crippen LogP contribution in [-0.2, 0) is 6.54 Å². The van der Waals surface area contributed by atoms with Gasteiger partial charge in [0.25, 0.3) is 5.91 Å². The number of halogens is 2. The van der Waals surface area contributed by atoms with Gasteiger partial charge in [-0.1, -0.05) is 47.5 Å². The van der Waals surface area contributed by atoms with Gasteiger partial charge < -0.3 is 15.0 Å². The fourth-order valence-corrected chi connectivity index (χ4v) is 3.64. The Morgan fingerprint density at radius 2 is 1.60 bits per heavy atom. The van der Waals surface area contributed by atoms with Crippen molar-refractivity contribution in [2.75, 3.05) is 5.32 Å². The number of benzene rings is 3. The summed E-state index contributed by atoms with van der Waals surface area (Å²) in [5, 5.41) is 14.1. The van der Waals surface area contributed by atoms with E-state index in [9.17, 15) is 14.7 Å². The Morgan fingerprint density at radius 3 is 2.33 bits per heavy atom. The molecular weight excluding hydrogens is 423 g/mol. The van der Waals surface area contributed by atoms with Crippen LogP contribution in [0.15, 0.2) is 72.8 Å². The Kier molecular flexibility index (Phi) is 5.48. The Morgan fingerprint density at radius 1 is 0.900 bits per heavy atom. The summed E-state index contributed by atoms with van der Waals surface area (Å²) in [4.78, 5) is 24.6. The molecule has 0 bridgehead atoms. The van der Waals surface area contributed by atoms with E-state index in [-0.39, 0.29) is 11.3 Å². The van der Waals surface area contributed by atoms with E-state index in [2.05, 4.69) is 5.32 Å². The molecule has 0 spiro atoms. The van der Waals surface area contributed by atoms with Gasteiger partial charge >= 0.3 is 5.97 Å². The third kappa shape index (κ3) is 4.03. The molecule has 1 heterocycles. The Balaban J connectivity index is 1.76. The van der Waals surface area contributed by atoms with Crippen molar-refractivity contribution < 1.29 is 14.7 Å². The highest BCUT2D eigenvalue weighted by Gasteiger charge is 2.19. The SMILES string of the molecule is O=C(O)c1ccccc1NC(=O)c1cc2cc(Cl)ccc2n1Cc1ccc(Cl)cc1. The summed E-state index contributed by atoms with van der Waals surface area (Å²) in [5.41, 5.74) is 2.45. The van der Waals surface area contributed by atoms with Gasteiger partial charge in [0.15, 0.2) is 0 Å². The van der Waals surface area contributed by atoms with Crippen LogP contribution in [0.1, 0.15) is 26.4 Å². The first-order valence-corrected chi connectivity index (χ1v) is 9.85. The number of rotatable bonds is 5. The summed E-state index contributed by atoms with van der Waals surface area (Å²) < 4.78 is 1.87. The molecule has 1 aromatic heterocycles. The lowest BCUT2D eigenvalue weighted by Gasteiger charge is -2.13. The van der Waals surface area contributed by atoms with Crippen molar-refractivity contribution >= 4 is 51.7 Å². The van der Waals surface area contributed by atoms with Gasteiger partial charge in [-0.15, -0.1) is 0 Å². The maximum absolute atomic E-state index is 13.1. The van der Waals surface area contributed by atoms with Crippen molar-refractivity contribution in [1.82, 2.24) is 4.57 Å². The van der Waals surface area contributed by atoms with Gasteiger partial charge in [0.05, 0.1) is 11.3 Å². The number of hydrogen-bond acceptors (Lipinski definition) is 2. The molecule has 2 N–H and O–H groups in total. The first-order chi connectivity index (χ1) is 14.4. The monoisotopic (exact) mass is 438 g/mol. The van der Waals surface area contributed by atoms with Crippen LogP contribution in [0.25, 0.3) is 10.9 Å². The highest BCUT2D eigenvalue weighted by atomic mass is 35.5. The zero-order chi connectivity index (χ0) is 21.3. The van der Waals surface area contributed by atoms with Crippen molar-refractivity contribution in [1.29, 1.82) is 0 Å². The van der Waals surface area contributed by atoms with Crippen LogP contribution in [-0.4, -0.2) is 21.6 Å². The molecule has 0 aliphatic rings. The molecule has 3 aromatic carbocycles. The van der Waals surface area contributed by atoms with Gasteiger partial charge in [0.1, 0.15) is 5.69 Å². The normalized spacial score (nSPS) is 10.9. The molecule has 150 valence electrons. The number of fused-ring (bicyclic) bond motifs is 1. The molecule has 5 nitrogen and oxygen atoms in total. The van der Waals surface area contributed by atoms with E-state index < -0.39 is 11.9 Å². The third-order valence-corrected chi connectivity index (χ3v) is 5.24. The minimum Gasteiger partial charge on any atom is -0.478 e. The van der Waals surface area contributed by atoms with Crippen LogP contribution < -0.4 is 5.32 Å². The number of aromatic nitrogens is 1. The first-order valence-electron chi connectivity index (χ1n) is 9.09. The van der Waals surface area contributed by atoms with Crippen LogP contribution in [0, 0.1) is 0 Å². The second-order valence-corrected chi connectivity index (χ2v) is 7.62. The van der Waals surface area contributed by atoms with Crippen molar-refractivity contribution in [3.05, 3.63) is 99.7 Å². The quantitative estimate of drug-likeness (QED) is 0.404. The Labute approximate surface area is 182 Å². The topological polar surface area (TPSA) is 71.3 Å². The van der Waals surface area contributed by atoms with Gasteiger partial charge in [-0.25, -0.2) is 4.79 Å². The number of carbonyl (C=O) groups excluding carboxylic acids is 1. The van der Waals surface area contributed by atoms with Gasteiger partial charge in [-0.3, -0.25) is 4.79 Å². The van der Waals surface area contributed by atoms with Crippen molar-refractivity contribution in [2.45, 2.75) is 6.54 Å². The van der Waals surface area contributed by atoms with E-state index in [1.165, 1.54) is 6.07 Å². The second-order valence-electron chi connectivity index (χ2n) is 6.75. The van der Waals surface area contributed by atoms with E-state index in [1.807, 2.05) is 22.8 Å². The van der Waals surface area contributed by atoms with Crippen molar-refractivity contribution in [2.24, 2.45) is 0 Å². The van der Waals surface area contributed by atoms with Gasteiger partial charge in [0, 0.05) is 27.5 Å². The summed E-state index contributed by atoms with van der Waals surface area (Å²) in [7, 11) is 0. The van der Waals surface area contributed by atoms with E-state index in [0.29, 0.717) is 22.3 Å². The molecule has 7 heteroatoms. The molecule has 0 saturated heterocycles. The highest BCUT2D eigenvalue weighted by Crippen LogP contribution is 2.26. The number of nitrogens with one attached hydrogen (secondary N) is 1. The number of aromatic carboxylic acids is 1. The zero-order valence-electron chi connectivity index (χ0n) is 15.6. The molecule has 1 amide bonds. The molecule has 0 fully saturated rings.